The molecule has 0 radical (unpaired) electrons. The number of nitrogens with one attached hydrogen (secondary N) is 1. The maximum absolute atomic E-state index is 14.3. The first-order chi connectivity index (χ1) is 16.3. The second-order valence-corrected chi connectivity index (χ2v) is 8.14. The van der Waals surface area contributed by atoms with Gasteiger partial charge in [-0.25, -0.2) is 4.39 Å². The Balaban J connectivity index is 0.000000200. The molecule has 1 aliphatic carbocycles. The van der Waals surface area contributed by atoms with Gasteiger partial charge in [0.2, 0.25) is 0 Å². The van der Waals surface area contributed by atoms with Gasteiger partial charge in [0.1, 0.15) is 11.6 Å². The third kappa shape index (κ3) is 3.92. The van der Waals surface area contributed by atoms with E-state index in [9.17, 15) is 17.6 Å². The number of nitrogens with two attached hydrogens (primary N) is 1. The van der Waals surface area contributed by atoms with E-state index in [0.29, 0.717) is 12.0 Å². The maximum atomic E-state index is 14.3. The monoisotopic (exact) mass is 460 g/mol. The molecule has 0 unspecified atom stereocenters. The average Bonchev–Trinajstić information content (AvgIpc) is 3.38. The minimum absolute atomic E-state index is 0.00511. The molecule has 2 nitrogen and oxygen atoms in total. The number of hydrogen-bond acceptors (Lipinski definition) is 1. The van der Waals surface area contributed by atoms with E-state index in [0.717, 1.165) is 34.1 Å². The van der Waals surface area contributed by atoms with Crippen LogP contribution in [0.3, 0.4) is 0 Å². The number of para-hydroxylation sites is 1. The van der Waals surface area contributed by atoms with Crippen LogP contribution in [0.5, 0.6) is 0 Å². The second kappa shape index (κ2) is 8.37. The molecule has 0 saturated carbocycles. The lowest BCUT2D eigenvalue weighted by Crippen LogP contribution is -2.09. The fourth-order valence-corrected chi connectivity index (χ4v) is 4.52. The maximum Gasteiger partial charge on any atom is 0.417 e. The summed E-state index contributed by atoms with van der Waals surface area (Å²) in [7, 11) is 0. The number of hydrogen-bond donors (Lipinski definition) is 2. The lowest BCUT2D eigenvalue weighted by atomic mass is 9.90. The highest BCUT2D eigenvalue weighted by molar-refractivity contribution is 5.87. The zero-order valence-corrected chi connectivity index (χ0v) is 18.0. The number of rotatable bonds is 1. The third-order valence-corrected chi connectivity index (χ3v) is 5.99. The van der Waals surface area contributed by atoms with Gasteiger partial charge < -0.3 is 10.7 Å². The largest absolute Gasteiger partial charge is 0.417 e. The fraction of sp³-hybridized carbons (Fsp3) is 0.0714. The van der Waals surface area contributed by atoms with Crippen LogP contribution < -0.4 is 5.73 Å². The summed E-state index contributed by atoms with van der Waals surface area (Å²) in [6, 6.07) is 25.6. The number of aromatic amines is 1. The van der Waals surface area contributed by atoms with Crippen molar-refractivity contribution in [2.45, 2.75) is 12.6 Å². The summed E-state index contributed by atoms with van der Waals surface area (Å²) in [5, 5.41) is 1.17. The van der Waals surface area contributed by atoms with Gasteiger partial charge >= 0.3 is 6.18 Å². The molecule has 6 rings (SSSR count). The number of alkyl halides is 3. The van der Waals surface area contributed by atoms with Crippen LogP contribution >= 0.6 is 0 Å². The van der Waals surface area contributed by atoms with E-state index >= 15 is 0 Å². The third-order valence-electron chi connectivity index (χ3n) is 5.99. The molecule has 1 aliphatic rings. The molecule has 0 saturated heterocycles. The molecular weight excluding hydrogens is 440 g/mol. The molecule has 0 aliphatic heterocycles. The van der Waals surface area contributed by atoms with E-state index in [2.05, 4.69) is 4.98 Å². The van der Waals surface area contributed by atoms with Gasteiger partial charge in [-0.3, -0.25) is 0 Å². The number of nitrogen functional groups attached to an aromatic ring is 1. The summed E-state index contributed by atoms with van der Waals surface area (Å²) >= 11 is 0. The summed E-state index contributed by atoms with van der Waals surface area (Å²) in [4.78, 5) is 3.04. The first-order valence-corrected chi connectivity index (χ1v) is 10.7. The van der Waals surface area contributed by atoms with Crippen molar-refractivity contribution in [3.05, 3.63) is 114 Å². The molecule has 3 N–H and O–H groups in total. The number of H-pyrrole nitrogens is 1. The van der Waals surface area contributed by atoms with Gasteiger partial charge in [-0.2, -0.15) is 13.2 Å². The van der Waals surface area contributed by atoms with Gasteiger partial charge in [0.25, 0.3) is 0 Å². The molecular formula is C28H20F4N2. The average molecular weight is 460 g/mol. The number of halogens is 4. The van der Waals surface area contributed by atoms with Crippen LogP contribution in [0.15, 0.2) is 91.0 Å². The Morgan fingerprint density at radius 1 is 0.735 bits per heavy atom. The van der Waals surface area contributed by atoms with Crippen molar-refractivity contribution >= 4 is 16.7 Å². The quantitative estimate of drug-likeness (QED) is 0.241. The Bertz CT molecular complexity index is 1470. The molecule has 0 fully saturated rings. The zero-order chi connectivity index (χ0) is 23.9. The molecule has 0 atom stereocenters. The lowest BCUT2D eigenvalue weighted by molar-refractivity contribution is -0.137. The van der Waals surface area contributed by atoms with Gasteiger partial charge in [-0.05, 0) is 52.9 Å². The minimum atomic E-state index is -4.54. The van der Waals surface area contributed by atoms with Crippen LogP contribution in [-0.4, -0.2) is 4.98 Å². The molecule has 1 heterocycles. The van der Waals surface area contributed by atoms with Crippen molar-refractivity contribution in [2.24, 2.45) is 0 Å². The molecule has 34 heavy (non-hydrogen) atoms. The van der Waals surface area contributed by atoms with E-state index < -0.39 is 17.6 Å². The van der Waals surface area contributed by atoms with Crippen LogP contribution in [0.2, 0.25) is 0 Å². The van der Waals surface area contributed by atoms with Crippen molar-refractivity contribution in [2.75, 3.05) is 5.73 Å². The van der Waals surface area contributed by atoms with E-state index in [1.54, 1.807) is 6.07 Å². The highest BCUT2D eigenvalue weighted by atomic mass is 19.4. The molecule has 0 bridgehead atoms. The molecule has 170 valence electrons. The highest BCUT2D eigenvalue weighted by Gasteiger charge is 2.37. The summed E-state index contributed by atoms with van der Waals surface area (Å²) < 4.78 is 54.9. The van der Waals surface area contributed by atoms with Gasteiger partial charge in [0.15, 0.2) is 0 Å². The molecule has 6 heteroatoms. The van der Waals surface area contributed by atoms with Crippen molar-refractivity contribution in [3.63, 3.8) is 0 Å². The Labute approximate surface area is 193 Å². The molecule has 0 spiro atoms. The molecule has 1 aromatic heterocycles. The van der Waals surface area contributed by atoms with E-state index in [1.807, 2.05) is 54.6 Å². The number of fused-ring (bicyclic) bond motifs is 4. The first kappa shape index (κ1) is 21.8. The first-order valence-electron chi connectivity index (χ1n) is 10.7. The minimum Gasteiger partial charge on any atom is -0.385 e. The highest BCUT2D eigenvalue weighted by Crippen LogP contribution is 2.47. The smallest absolute Gasteiger partial charge is 0.385 e. The molecule has 4 aromatic carbocycles. The van der Waals surface area contributed by atoms with Crippen molar-refractivity contribution in [1.29, 1.82) is 0 Å². The molecule has 0 amide bonds. The van der Waals surface area contributed by atoms with Gasteiger partial charge in [-0.15, -0.1) is 0 Å². The van der Waals surface area contributed by atoms with Crippen molar-refractivity contribution in [1.82, 2.24) is 4.98 Å². The SMILES string of the molecule is Fc1ccccc1-c1c(C(F)(F)F)ccc2c1Cc1ccccc1-2.Nc1cc2ccccc2[nH]1. The summed E-state index contributed by atoms with van der Waals surface area (Å²) in [6.45, 7) is 0. The fourth-order valence-electron chi connectivity index (χ4n) is 4.52. The summed E-state index contributed by atoms with van der Waals surface area (Å²) in [5.41, 5.74) is 8.95. The van der Waals surface area contributed by atoms with E-state index in [4.69, 9.17) is 5.73 Å². The van der Waals surface area contributed by atoms with E-state index in [-0.39, 0.29) is 11.1 Å². The number of benzene rings is 4. The predicted octanol–water partition coefficient (Wildman–Crippen LogP) is 7.83. The topological polar surface area (TPSA) is 41.8 Å². The van der Waals surface area contributed by atoms with Crippen LogP contribution in [-0.2, 0) is 12.6 Å². The Morgan fingerprint density at radius 3 is 2.15 bits per heavy atom. The van der Waals surface area contributed by atoms with Gasteiger partial charge in [-0.1, -0.05) is 66.7 Å². The van der Waals surface area contributed by atoms with Crippen LogP contribution in [0.1, 0.15) is 16.7 Å². The lowest BCUT2D eigenvalue weighted by Gasteiger charge is -2.18. The Kier molecular flexibility index (Phi) is 5.36. The zero-order valence-electron chi connectivity index (χ0n) is 18.0. The van der Waals surface area contributed by atoms with Crippen molar-refractivity contribution < 1.29 is 17.6 Å². The van der Waals surface area contributed by atoms with Gasteiger partial charge in [0.05, 0.1) is 5.56 Å². The van der Waals surface area contributed by atoms with E-state index in [1.165, 1.54) is 29.7 Å². The van der Waals surface area contributed by atoms with Crippen LogP contribution in [0.25, 0.3) is 33.2 Å². The standard InChI is InChI=1S/C20H12F4.C8H8N2/c21-18-8-4-3-7-15(18)19-16-11-12-5-1-2-6-13(12)14(16)9-10-17(19)20(22,23)24;9-8-5-6-3-1-2-4-7(6)10-8/h1-10H,11H2;1-5,10H,9H2. The molecule has 5 aromatic rings. The number of anilines is 1. The van der Waals surface area contributed by atoms with Crippen molar-refractivity contribution in [3.8, 4) is 22.3 Å². The van der Waals surface area contributed by atoms with Crippen LogP contribution in [0, 0.1) is 5.82 Å². The van der Waals surface area contributed by atoms with Crippen LogP contribution in [0.4, 0.5) is 23.4 Å². The summed E-state index contributed by atoms with van der Waals surface area (Å²) in [5.74, 6) is 0.0774. The second-order valence-electron chi connectivity index (χ2n) is 8.14. The predicted molar refractivity (Wildman–Crippen MR) is 128 cm³/mol. The summed E-state index contributed by atoms with van der Waals surface area (Å²) in [6.07, 6.45) is -4.17. The Hall–Kier alpha value is -4.06. The normalized spacial score (nSPS) is 12.1. The number of aromatic nitrogens is 1. The van der Waals surface area contributed by atoms with Gasteiger partial charge in [0, 0.05) is 22.0 Å². The Morgan fingerprint density at radius 2 is 1.41 bits per heavy atom.